The molecule has 4 N–H and O–H groups in total. The van der Waals surface area contributed by atoms with Crippen LogP contribution in [0.25, 0.3) is 16.6 Å². The molecule has 0 bridgehead atoms. The van der Waals surface area contributed by atoms with Crippen molar-refractivity contribution in [1.82, 2.24) is 14.9 Å². The summed E-state index contributed by atoms with van der Waals surface area (Å²) in [5, 5.41) is 15.2. The van der Waals surface area contributed by atoms with E-state index in [0.717, 1.165) is 51.3 Å². The number of amides is 1. The Hall–Kier alpha value is -3.81. The number of nitrogens with one attached hydrogen (secondary N) is 4. The molecule has 8 nitrogen and oxygen atoms in total. The molecular weight excluding hydrogens is 404 g/mol. The normalized spacial score (nSPS) is 13.8. The molecular formula is C24H28N6O2. The van der Waals surface area contributed by atoms with Gasteiger partial charge in [-0.05, 0) is 56.2 Å². The van der Waals surface area contributed by atoms with Crippen molar-refractivity contribution in [3.8, 4) is 0 Å². The van der Waals surface area contributed by atoms with Gasteiger partial charge in [0.25, 0.3) is 0 Å². The van der Waals surface area contributed by atoms with Crippen molar-refractivity contribution in [3.63, 3.8) is 0 Å². The Morgan fingerprint density at radius 1 is 1.28 bits per heavy atom. The number of pyridine rings is 1. The largest absolute Gasteiger partial charge is 0.447 e. The van der Waals surface area contributed by atoms with Gasteiger partial charge in [0.2, 0.25) is 0 Å². The van der Waals surface area contributed by atoms with Gasteiger partial charge >= 0.3 is 6.09 Å². The fourth-order valence-electron chi connectivity index (χ4n) is 3.81. The monoisotopic (exact) mass is 432 g/mol. The molecule has 0 spiro atoms. The summed E-state index contributed by atoms with van der Waals surface area (Å²) in [5.74, 6) is 0. The van der Waals surface area contributed by atoms with E-state index in [-0.39, 0.29) is 12.2 Å². The molecule has 1 aromatic carbocycles. The summed E-state index contributed by atoms with van der Waals surface area (Å²) in [6, 6.07) is 9.90. The standard InChI is InChI=1S/C24H28N6O2/c1-15(2)32-24(31)30-10-7-16(8-11-30)22-13-19-21(6-9-27-23(19)29-22)28-18-4-5-20(26-3)17(12-18)14-25/h4-7,9,12-15,25-26H,8,10-11H2,1-3H3,(H2,27,28,29). The summed E-state index contributed by atoms with van der Waals surface area (Å²) in [4.78, 5) is 21.7. The third kappa shape index (κ3) is 4.44. The quantitative estimate of drug-likeness (QED) is 0.411. The fraction of sp³-hybridized carbons (Fsp3) is 0.292. The first kappa shape index (κ1) is 21.4. The van der Waals surface area contributed by atoms with Gasteiger partial charge in [-0.25, -0.2) is 9.78 Å². The number of ether oxygens (including phenoxy) is 1. The number of hydrogen-bond donors (Lipinski definition) is 4. The van der Waals surface area contributed by atoms with E-state index in [1.807, 2.05) is 45.2 Å². The number of anilines is 3. The van der Waals surface area contributed by atoms with Crippen LogP contribution in [0.1, 0.15) is 31.5 Å². The number of carbonyl (C=O) groups is 1. The number of rotatable bonds is 6. The first-order valence-electron chi connectivity index (χ1n) is 10.7. The molecule has 32 heavy (non-hydrogen) atoms. The van der Waals surface area contributed by atoms with Crippen LogP contribution in [0.15, 0.2) is 42.6 Å². The average Bonchev–Trinajstić information content (AvgIpc) is 3.24. The number of hydrogen-bond acceptors (Lipinski definition) is 6. The first-order chi connectivity index (χ1) is 15.5. The topological polar surface area (TPSA) is 106 Å². The van der Waals surface area contributed by atoms with Gasteiger partial charge in [0.15, 0.2) is 0 Å². The summed E-state index contributed by atoms with van der Waals surface area (Å²) in [6.07, 6.45) is 5.52. The number of benzene rings is 1. The Bertz CT molecular complexity index is 1180. The number of aromatic amines is 1. The minimum atomic E-state index is -0.270. The van der Waals surface area contributed by atoms with Crippen molar-refractivity contribution in [2.24, 2.45) is 0 Å². The number of carbonyl (C=O) groups excluding carboxylic acids is 1. The lowest BCUT2D eigenvalue weighted by Gasteiger charge is -2.26. The Morgan fingerprint density at radius 3 is 2.81 bits per heavy atom. The van der Waals surface area contributed by atoms with Crippen LogP contribution in [0.5, 0.6) is 0 Å². The lowest BCUT2D eigenvalue weighted by molar-refractivity contribution is 0.0799. The van der Waals surface area contributed by atoms with Gasteiger partial charge in [-0.2, -0.15) is 0 Å². The second-order valence-corrected chi connectivity index (χ2v) is 7.98. The van der Waals surface area contributed by atoms with E-state index in [1.54, 1.807) is 11.1 Å². The zero-order chi connectivity index (χ0) is 22.7. The lowest BCUT2D eigenvalue weighted by Crippen LogP contribution is -2.36. The van der Waals surface area contributed by atoms with Crippen LogP contribution < -0.4 is 10.6 Å². The summed E-state index contributed by atoms with van der Waals surface area (Å²) in [7, 11) is 1.84. The van der Waals surface area contributed by atoms with Gasteiger partial charge < -0.3 is 30.7 Å². The van der Waals surface area contributed by atoms with Crippen LogP contribution in [0.2, 0.25) is 0 Å². The Labute approximate surface area is 187 Å². The van der Waals surface area contributed by atoms with Crippen molar-refractivity contribution < 1.29 is 9.53 Å². The molecule has 1 aliphatic heterocycles. The molecule has 0 saturated carbocycles. The van der Waals surface area contributed by atoms with E-state index < -0.39 is 0 Å². The molecule has 1 amide bonds. The highest BCUT2D eigenvalue weighted by Gasteiger charge is 2.21. The first-order valence-corrected chi connectivity index (χ1v) is 10.7. The zero-order valence-corrected chi connectivity index (χ0v) is 18.5. The predicted molar refractivity (Wildman–Crippen MR) is 129 cm³/mol. The number of H-pyrrole nitrogens is 1. The fourth-order valence-corrected chi connectivity index (χ4v) is 3.81. The molecule has 0 atom stereocenters. The van der Waals surface area contributed by atoms with Crippen molar-refractivity contribution in [2.45, 2.75) is 26.4 Å². The van der Waals surface area contributed by atoms with Gasteiger partial charge in [0.05, 0.1) is 11.8 Å². The van der Waals surface area contributed by atoms with Gasteiger partial charge in [-0.15, -0.1) is 0 Å². The molecule has 8 heteroatoms. The summed E-state index contributed by atoms with van der Waals surface area (Å²) in [5.41, 5.74) is 6.51. The minimum absolute atomic E-state index is 0.122. The van der Waals surface area contributed by atoms with E-state index >= 15 is 0 Å². The highest BCUT2D eigenvalue weighted by molar-refractivity contribution is 5.95. The molecule has 1 aliphatic rings. The van der Waals surface area contributed by atoms with E-state index in [2.05, 4.69) is 32.7 Å². The zero-order valence-electron chi connectivity index (χ0n) is 18.5. The maximum absolute atomic E-state index is 12.1. The smallest absolute Gasteiger partial charge is 0.410 e. The van der Waals surface area contributed by atoms with Crippen LogP contribution in [0.4, 0.5) is 21.9 Å². The van der Waals surface area contributed by atoms with Gasteiger partial charge in [-0.1, -0.05) is 6.08 Å². The maximum Gasteiger partial charge on any atom is 0.410 e. The van der Waals surface area contributed by atoms with Crippen molar-refractivity contribution in [2.75, 3.05) is 30.8 Å². The number of nitrogens with zero attached hydrogens (tertiary/aromatic N) is 2. The molecule has 0 saturated heterocycles. The van der Waals surface area contributed by atoms with Crippen LogP contribution in [0, 0.1) is 5.41 Å². The lowest BCUT2D eigenvalue weighted by atomic mass is 10.0. The Morgan fingerprint density at radius 2 is 2.12 bits per heavy atom. The molecule has 2 aromatic heterocycles. The molecule has 0 radical (unpaired) electrons. The summed E-state index contributed by atoms with van der Waals surface area (Å²) in [6.45, 7) is 4.86. The highest BCUT2D eigenvalue weighted by atomic mass is 16.6. The van der Waals surface area contributed by atoms with Crippen molar-refractivity contribution in [1.29, 1.82) is 5.41 Å². The second kappa shape index (κ2) is 9.13. The average molecular weight is 433 g/mol. The summed E-state index contributed by atoms with van der Waals surface area (Å²) >= 11 is 0. The van der Waals surface area contributed by atoms with Crippen LogP contribution >= 0.6 is 0 Å². The minimum Gasteiger partial charge on any atom is -0.447 e. The third-order valence-corrected chi connectivity index (χ3v) is 5.44. The second-order valence-electron chi connectivity index (χ2n) is 7.98. The van der Waals surface area contributed by atoms with Crippen molar-refractivity contribution >= 4 is 46.0 Å². The third-order valence-electron chi connectivity index (χ3n) is 5.44. The van der Waals surface area contributed by atoms with E-state index in [4.69, 9.17) is 10.1 Å². The molecule has 166 valence electrons. The number of aromatic nitrogens is 2. The Balaban J connectivity index is 1.56. The van der Waals surface area contributed by atoms with E-state index in [1.165, 1.54) is 6.21 Å². The highest BCUT2D eigenvalue weighted by Crippen LogP contribution is 2.31. The van der Waals surface area contributed by atoms with Gasteiger partial charge in [0, 0.05) is 60.6 Å². The molecule has 0 aliphatic carbocycles. The molecule has 3 heterocycles. The van der Waals surface area contributed by atoms with Crippen LogP contribution in [-0.4, -0.2) is 53.4 Å². The van der Waals surface area contributed by atoms with E-state index in [0.29, 0.717) is 13.1 Å². The van der Waals surface area contributed by atoms with Crippen LogP contribution in [0.3, 0.4) is 0 Å². The summed E-state index contributed by atoms with van der Waals surface area (Å²) < 4.78 is 5.30. The van der Waals surface area contributed by atoms with Crippen LogP contribution in [-0.2, 0) is 4.74 Å². The molecule has 3 aromatic rings. The molecule has 4 rings (SSSR count). The van der Waals surface area contributed by atoms with Gasteiger partial charge in [0.1, 0.15) is 5.65 Å². The maximum atomic E-state index is 12.1. The van der Waals surface area contributed by atoms with E-state index in [9.17, 15) is 4.79 Å². The molecule has 0 unspecified atom stereocenters. The SMILES string of the molecule is CNc1ccc(Nc2ccnc3[nH]c(C4=CCN(C(=O)OC(C)C)CC4)cc23)cc1C=N. The van der Waals surface area contributed by atoms with Crippen molar-refractivity contribution in [3.05, 3.63) is 53.9 Å². The predicted octanol–water partition coefficient (Wildman–Crippen LogP) is 4.98. The van der Waals surface area contributed by atoms with Gasteiger partial charge in [-0.3, -0.25) is 0 Å². The Kier molecular flexibility index (Phi) is 6.11. The number of fused-ring (bicyclic) bond motifs is 1. The molecule has 0 fully saturated rings.